The molecule has 1 amide bonds. The smallest absolute Gasteiger partial charge is 0.320 e. The van der Waals surface area contributed by atoms with Gasteiger partial charge in [-0.1, -0.05) is 25.7 Å². The first-order chi connectivity index (χ1) is 14.9. The molecular formula is C21H26BrN5O5. The Morgan fingerprint density at radius 3 is 2.53 bits per heavy atom. The third kappa shape index (κ3) is 4.67. The Morgan fingerprint density at radius 1 is 1.28 bits per heavy atom. The molecule has 0 fully saturated rings. The van der Waals surface area contributed by atoms with Crippen LogP contribution in [0.25, 0.3) is 0 Å². The first-order valence-corrected chi connectivity index (χ1v) is 10.6. The number of amides is 1. The first kappa shape index (κ1) is 23.5. The summed E-state index contributed by atoms with van der Waals surface area (Å²) in [5.74, 6) is 0.746. The number of phenolic OH excluding ortho intramolecular Hbond substituents is 1. The molecule has 2 heterocycles. The molecule has 0 aliphatic heterocycles. The quantitative estimate of drug-likeness (QED) is 0.332. The van der Waals surface area contributed by atoms with Crippen LogP contribution in [0.15, 0.2) is 37.8 Å². The van der Waals surface area contributed by atoms with E-state index < -0.39 is 5.91 Å². The van der Waals surface area contributed by atoms with Crippen LogP contribution >= 0.6 is 15.9 Å². The van der Waals surface area contributed by atoms with Crippen molar-refractivity contribution in [1.82, 2.24) is 10.1 Å². The molecule has 10 nitrogen and oxygen atoms in total. The molecule has 0 unspecified atom stereocenters. The van der Waals surface area contributed by atoms with Gasteiger partial charge in [-0.05, 0) is 52.3 Å². The normalized spacial score (nSPS) is 12.5. The third-order valence-corrected chi connectivity index (χ3v) is 5.47. The van der Waals surface area contributed by atoms with Crippen molar-refractivity contribution in [1.29, 1.82) is 0 Å². The van der Waals surface area contributed by atoms with Crippen molar-refractivity contribution in [3.05, 3.63) is 51.0 Å². The number of benzene rings is 1. The molecule has 0 spiro atoms. The van der Waals surface area contributed by atoms with E-state index in [1.807, 2.05) is 39.8 Å². The van der Waals surface area contributed by atoms with Crippen LogP contribution in [-0.2, 0) is 0 Å². The van der Waals surface area contributed by atoms with Crippen LogP contribution in [0.4, 0.5) is 17.3 Å². The second-order valence-corrected chi connectivity index (χ2v) is 9.52. The fraction of sp³-hybridized carbons (Fsp3) is 0.381. The number of phenols is 1. The molecule has 172 valence electrons. The van der Waals surface area contributed by atoms with E-state index in [1.165, 1.54) is 4.90 Å². The SMILES string of the molecule is Cc1ccc([C@H](Nc2c(Nc3ccc(Br)c(C(=O)N(C)C)c3O)no[n+]2[O-])C(C)(C)C)o1. The summed E-state index contributed by atoms with van der Waals surface area (Å²) in [6.45, 7) is 7.83. The van der Waals surface area contributed by atoms with E-state index in [-0.39, 0.29) is 45.0 Å². The van der Waals surface area contributed by atoms with E-state index in [9.17, 15) is 15.1 Å². The lowest BCUT2D eigenvalue weighted by Gasteiger charge is -2.27. The second-order valence-electron chi connectivity index (χ2n) is 8.66. The number of nitrogens with one attached hydrogen (secondary N) is 2. The van der Waals surface area contributed by atoms with E-state index in [0.717, 1.165) is 5.76 Å². The van der Waals surface area contributed by atoms with Crippen LogP contribution in [-0.4, -0.2) is 35.2 Å². The summed E-state index contributed by atoms with van der Waals surface area (Å²) >= 11 is 3.29. The zero-order valence-corrected chi connectivity index (χ0v) is 20.3. The maximum atomic E-state index is 12.5. The molecule has 11 heteroatoms. The minimum Gasteiger partial charge on any atom is -0.505 e. The van der Waals surface area contributed by atoms with E-state index >= 15 is 0 Å². The van der Waals surface area contributed by atoms with Crippen LogP contribution in [0.1, 0.15) is 48.7 Å². The minimum atomic E-state index is -0.392. The Hall–Kier alpha value is -3.21. The fourth-order valence-electron chi connectivity index (χ4n) is 3.13. The molecule has 0 aliphatic rings. The molecule has 32 heavy (non-hydrogen) atoms. The van der Waals surface area contributed by atoms with Gasteiger partial charge in [0.1, 0.15) is 17.6 Å². The predicted molar refractivity (Wildman–Crippen MR) is 122 cm³/mol. The standard InChI is InChI=1S/C21H26BrN5O5/c1-11-7-10-14(31-11)17(21(2,3)4)24-19-18(25-32-27(19)30)23-13-9-8-12(22)15(16(13)28)20(29)26(5)6/h7-10,17,24,28H,1-6H3,(H,23,25)/t17-/m0/s1. The average Bonchev–Trinajstić information content (AvgIpc) is 3.26. The highest BCUT2D eigenvalue weighted by Crippen LogP contribution is 2.39. The highest BCUT2D eigenvalue weighted by molar-refractivity contribution is 9.10. The third-order valence-electron chi connectivity index (χ3n) is 4.81. The number of hydrogen-bond donors (Lipinski definition) is 3. The van der Waals surface area contributed by atoms with Gasteiger partial charge in [-0.3, -0.25) is 10.1 Å². The molecule has 0 aliphatic carbocycles. The summed E-state index contributed by atoms with van der Waals surface area (Å²) in [7, 11) is 3.16. The number of carbonyl (C=O) groups excluding carboxylic acids is 1. The number of aromatic hydroxyl groups is 1. The number of aryl methyl sites for hydroxylation is 1. The molecule has 0 saturated heterocycles. The molecule has 0 radical (unpaired) electrons. The summed E-state index contributed by atoms with van der Waals surface area (Å²) in [5.41, 5.74) is -0.0835. The van der Waals surface area contributed by atoms with Crippen molar-refractivity contribution in [3.63, 3.8) is 0 Å². The highest BCUT2D eigenvalue weighted by atomic mass is 79.9. The van der Waals surface area contributed by atoms with E-state index in [0.29, 0.717) is 10.2 Å². The number of anilines is 3. The Balaban J connectivity index is 1.98. The van der Waals surface area contributed by atoms with Gasteiger partial charge in [0.05, 0.1) is 11.3 Å². The van der Waals surface area contributed by atoms with Crippen molar-refractivity contribution in [2.24, 2.45) is 5.41 Å². The van der Waals surface area contributed by atoms with Crippen LogP contribution < -0.4 is 15.5 Å². The molecule has 3 aromatic rings. The first-order valence-electron chi connectivity index (χ1n) is 9.83. The maximum absolute atomic E-state index is 12.5. The molecular weight excluding hydrogens is 482 g/mol. The molecule has 0 bridgehead atoms. The largest absolute Gasteiger partial charge is 0.505 e. The van der Waals surface area contributed by atoms with Gasteiger partial charge in [-0.15, -0.1) is 0 Å². The monoisotopic (exact) mass is 507 g/mol. The van der Waals surface area contributed by atoms with E-state index in [1.54, 1.807) is 26.2 Å². The van der Waals surface area contributed by atoms with Crippen LogP contribution in [0.2, 0.25) is 0 Å². The molecule has 1 atom stereocenters. The topological polar surface area (TPSA) is 131 Å². The summed E-state index contributed by atoms with van der Waals surface area (Å²) < 4.78 is 11.0. The maximum Gasteiger partial charge on any atom is 0.320 e. The van der Waals surface area contributed by atoms with Gasteiger partial charge in [-0.2, -0.15) is 0 Å². The number of carbonyl (C=O) groups is 1. The van der Waals surface area contributed by atoms with E-state index in [2.05, 4.69) is 31.7 Å². The summed E-state index contributed by atoms with van der Waals surface area (Å²) in [5, 5.41) is 32.9. The van der Waals surface area contributed by atoms with Gasteiger partial charge in [0.15, 0.2) is 5.75 Å². The Bertz CT molecular complexity index is 1130. The summed E-state index contributed by atoms with van der Waals surface area (Å²) in [6, 6.07) is 6.46. The van der Waals surface area contributed by atoms with Crippen molar-refractivity contribution in [2.75, 3.05) is 24.7 Å². The van der Waals surface area contributed by atoms with Crippen molar-refractivity contribution in [2.45, 2.75) is 33.7 Å². The number of rotatable bonds is 6. The lowest BCUT2D eigenvalue weighted by atomic mass is 9.85. The lowest BCUT2D eigenvalue weighted by Crippen LogP contribution is -2.33. The highest BCUT2D eigenvalue weighted by Gasteiger charge is 2.35. The van der Waals surface area contributed by atoms with Crippen LogP contribution in [0.5, 0.6) is 5.75 Å². The Kier molecular flexibility index (Phi) is 6.40. The summed E-state index contributed by atoms with van der Waals surface area (Å²) in [6.07, 6.45) is 0. The second kappa shape index (κ2) is 8.73. The zero-order chi connectivity index (χ0) is 23.8. The van der Waals surface area contributed by atoms with Crippen LogP contribution in [0, 0.1) is 17.5 Å². The predicted octanol–water partition coefficient (Wildman–Crippen LogP) is 4.32. The molecule has 2 aromatic heterocycles. The van der Waals surface area contributed by atoms with Gasteiger partial charge < -0.3 is 29.6 Å². The Morgan fingerprint density at radius 2 is 1.97 bits per heavy atom. The number of nitrogens with zero attached hydrogens (tertiary/aromatic N) is 3. The van der Waals surface area contributed by atoms with Gasteiger partial charge in [-0.25, -0.2) is 0 Å². The molecule has 1 aromatic carbocycles. The van der Waals surface area contributed by atoms with Crippen molar-refractivity contribution < 1.29 is 23.9 Å². The number of furan rings is 1. The minimum absolute atomic E-state index is 0.00165. The van der Waals surface area contributed by atoms with Gasteiger partial charge in [0.25, 0.3) is 5.91 Å². The lowest BCUT2D eigenvalue weighted by molar-refractivity contribution is -0.791. The number of hydrogen-bond acceptors (Lipinski definition) is 8. The van der Waals surface area contributed by atoms with Gasteiger partial charge >= 0.3 is 11.6 Å². The zero-order valence-electron chi connectivity index (χ0n) is 18.7. The molecule has 0 saturated carbocycles. The van der Waals surface area contributed by atoms with Crippen LogP contribution in [0.3, 0.4) is 0 Å². The average molecular weight is 508 g/mol. The summed E-state index contributed by atoms with van der Waals surface area (Å²) in [4.78, 5) is 14.1. The van der Waals surface area contributed by atoms with Crippen molar-refractivity contribution >= 4 is 39.2 Å². The number of aromatic nitrogens is 2. The van der Waals surface area contributed by atoms with Crippen molar-refractivity contribution in [3.8, 4) is 5.75 Å². The molecule has 3 rings (SSSR count). The number of halogens is 1. The fourth-order valence-corrected chi connectivity index (χ4v) is 3.62. The van der Waals surface area contributed by atoms with Gasteiger partial charge in [0.2, 0.25) is 0 Å². The Labute approximate surface area is 193 Å². The van der Waals surface area contributed by atoms with Gasteiger partial charge in [0, 0.05) is 24.0 Å². The molecule has 3 N–H and O–H groups in total. The van der Waals surface area contributed by atoms with E-state index in [4.69, 9.17) is 9.05 Å².